The van der Waals surface area contributed by atoms with Crippen LogP contribution in [0.5, 0.6) is 0 Å². The van der Waals surface area contributed by atoms with Gasteiger partial charge in [0, 0.05) is 10.9 Å². The van der Waals surface area contributed by atoms with E-state index < -0.39 is 0 Å². The quantitative estimate of drug-likeness (QED) is 0.793. The smallest absolute Gasteiger partial charge is 0.191 e. The van der Waals surface area contributed by atoms with Gasteiger partial charge in [0.25, 0.3) is 0 Å². The molecule has 15 heavy (non-hydrogen) atoms. The fourth-order valence-electron chi connectivity index (χ4n) is 1.43. The van der Waals surface area contributed by atoms with Gasteiger partial charge in [-0.15, -0.1) is 11.3 Å². The summed E-state index contributed by atoms with van der Waals surface area (Å²) in [5.74, 6) is 0.896. The second-order valence-corrected chi connectivity index (χ2v) is 5.13. The van der Waals surface area contributed by atoms with Gasteiger partial charge in [-0.1, -0.05) is 0 Å². The lowest BCUT2D eigenvalue weighted by atomic mass is 10.4. The van der Waals surface area contributed by atoms with E-state index in [-0.39, 0.29) is 0 Å². The molecule has 1 aliphatic rings. The lowest BCUT2D eigenvalue weighted by molar-refractivity contribution is 0.713. The molecule has 2 rings (SSSR count). The summed E-state index contributed by atoms with van der Waals surface area (Å²) < 4.78 is 0. The van der Waals surface area contributed by atoms with Gasteiger partial charge in [0.15, 0.2) is 5.96 Å². The highest BCUT2D eigenvalue weighted by Gasteiger charge is 2.12. The largest absolute Gasteiger partial charge is 0.352 e. The average Bonchev–Trinajstić information content (AvgIpc) is 2.72. The molecule has 5 heteroatoms. The molecule has 0 aromatic carbocycles. The zero-order chi connectivity index (χ0) is 10.8. The fraction of sp³-hybridized carbons (Fsp3) is 0.600. The third-order valence-electron chi connectivity index (χ3n) is 2.39. The second-order valence-electron chi connectivity index (χ2n) is 3.84. The minimum Gasteiger partial charge on any atom is -0.352 e. The van der Waals surface area contributed by atoms with E-state index in [9.17, 15) is 0 Å². The zero-order valence-electron chi connectivity index (χ0n) is 9.29. The molecule has 0 bridgehead atoms. The van der Waals surface area contributed by atoms with Gasteiger partial charge in [-0.2, -0.15) is 0 Å². The minimum absolute atomic E-state index is 0.451. The molecule has 0 radical (unpaired) electrons. The number of thiazole rings is 1. The summed E-state index contributed by atoms with van der Waals surface area (Å²) in [6.45, 7) is 7.89. The maximum atomic E-state index is 4.46. The van der Waals surface area contributed by atoms with Crippen molar-refractivity contribution in [2.75, 3.05) is 6.54 Å². The van der Waals surface area contributed by atoms with Crippen molar-refractivity contribution in [3.05, 3.63) is 15.6 Å². The Morgan fingerprint density at radius 3 is 2.87 bits per heavy atom. The topological polar surface area (TPSA) is 49.3 Å². The number of nitrogens with zero attached hydrogens (tertiary/aromatic N) is 2. The molecule has 2 heterocycles. The number of guanidine groups is 1. The predicted molar refractivity (Wildman–Crippen MR) is 63.3 cm³/mol. The molecule has 0 spiro atoms. The molecule has 82 valence electrons. The van der Waals surface area contributed by atoms with Crippen LogP contribution in [0.3, 0.4) is 0 Å². The molecule has 1 atom stereocenters. The van der Waals surface area contributed by atoms with Gasteiger partial charge in [0.2, 0.25) is 0 Å². The Labute approximate surface area is 93.8 Å². The van der Waals surface area contributed by atoms with Crippen LogP contribution in [-0.4, -0.2) is 23.5 Å². The van der Waals surface area contributed by atoms with Gasteiger partial charge in [0.1, 0.15) is 5.01 Å². The maximum absolute atomic E-state index is 4.46. The Morgan fingerprint density at radius 1 is 1.53 bits per heavy atom. The van der Waals surface area contributed by atoms with Gasteiger partial charge < -0.3 is 10.6 Å². The summed E-state index contributed by atoms with van der Waals surface area (Å²) in [4.78, 5) is 10.1. The molecule has 2 N–H and O–H groups in total. The molecule has 1 aromatic heterocycles. The molecule has 0 saturated carbocycles. The molecule has 0 saturated heterocycles. The van der Waals surface area contributed by atoms with E-state index in [4.69, 9.17) is 0 Å². The van der Waals surface area contributed by atoms with E-state index >= 15 is 0 Å². The molecule has 0 aliphatic carbocycles. The monoisotopic (exact) mass is 224 g/mol. The molecule has 4 nitrogen and oxygen atoms in total. The number of hydrogen-bond acceptors (Lipinski definition) is 5. The van der Waals surface area contributed by atoms with Crippen LogP contribution in [0.15, 0.2) is 4.99 Å². The van der Waals surface area contributed by atoms with Crippen LogP contribution in [0, 0.1) is 13.8 Å². The maximum Gasteiger partial charge on any atom is 0.191 e. The molecule has 1 aromatic rings. The highest BCUT2D eigenvalue weighted by atomic mass is 32.1. The minimum atomic E-state index is 0.451. The van der Waals surface area contributed by atoms with Crippen molar-refractivity contribution >= 4 is 17.3 Å². The van der Waals surface area contributed by atoms with Crippen LogP contribution in [0.1, 0.15) is 22.5 Å². The highest BCUT2D eigenvalue weighted by Crippen LogP contribution is 2.15. The molecular formula is C10H16N4S. The van der Waals surface area contributed by atoms with Gasteiger partial charge in [-0.3, -0.25) is 4.99 Å². The van der Waals surface area contributed by atoms with E-state index in [2.05, 4.69) is 34.5 Å². The van der Waals surface area contributed by atoms with Gasteiger partial charge >= 0.3 is 0 Å². The number of nitrogens with one attached hydrogen (secondary N) is 2. The number of aliphatic imine (C=N–C) groups is 1. The molecular weight excluding hydrogens is 208 g/mol. The van der Waals surface area contributed by atoms with Crippen LogP contribution in [0.2, 0.25) is 0 Å². The average molecular weight is 224 g/mol. The van der Waals surface area contributed by atoms with E-state index in [1.54, 1.807) is 11.3 Å². The summed E-state index contributed by atoms with van der Waals surface area (Å²) in [7, 11) is 0. The van der Waals surface area contributed by atoms with Crippen molar-refractivity contribution in [1.29, 1.82) is 0 Å². The molecule has 1 unspecified atom stereocenters. The lowest BCUT2D eigenvalue weighted by Crippen LogP contribution is -2.37. The zero-order valence-corrected chi connectivity index (χ0v) is 10.1. The summed E-state index contributed by atoms with van der Waals surface area (Å²) in [6.07, 6.45) is 0. The van der Waals surface area contributed by atoms with Crippen molar-refractivity contribution in [2.24, 2.45) is 4.99 Å². The Balaban J connectivity index is 1.88. The number of aromatic nitrogens is 1. The van der Waals surface area contributed by atoms with Crippen LogP contribution in [0.4, 0.5) is 0 Å². The van der Waals surface area contributed by atoms with E-state index in [1.165, 1.54) is 4.88 Å². The van der Waals surface area contributed by atoms with Crippen molar-refractivity contribution in [1.82, 2.24) is 15.6 Å². The van der Waals surface area contributed by atoms with Crippen LogP contribution >= 0.6 is 11.3 Å². The first-order valence-corrected chi connectivity index (χ1v) is 5.94. The lowest BCUT2D eigenvalue weighted by Gasteiger charge is -2.06. The SMILES string of the molecule is Cc1nc(CNC2=NCC(C)N2)sc1C. The van der Waals surface area contributed by atoms with Crippen molar-refractivity contribution in [2.45, 2.75) is 33.4 Å². The fourth-order valence-corrected chi connectivity index (χ4v) is 2.31. The predicted octanol–water partition coefficient (Wildman–Crippen LogP) is 1.20. The van der Waals surface area contributed by atoms with Gasteiger partial charge in [-0.25, -0.2) is 4.98 Å². The van der Waals surface area contributed by atoms with E-state index in [0.29, 0.717) is 6.04 Å². The van der Waals surface area contributed by atoms with Crippen molar-refractivity contribution in [3.63, 3.8) is 0 Å². The first kappa shape index (κ1) is 10.4. The molecule has 1 aliphatic heterocycles. The summed E-state index contributed by atoms with van der Waals surface area (Å²) in [5, 5.41) is 7.64. The number of hydrogen-bond donors (Lipinski definition) is 2. The first-order chi connectivity index (χ1) is 7.15. The van der Waals surface area contributed by atoms with Crippen LogP contribution in [0.25, 0.3) is 0 Å². The Hall–Kier alpha value is -1.10. The third-order valence-corrected chi connectivity index (χ3v) is 3.46. The summed E-state index contributed by atoms with van der Waals surface area (Å²) in [5.41, 5.74) is 1.13. The number of aryl methyl sites for hydroxylation is 2. The third kappa shape index (κ3) is 2.47. The van der Waals surface area contributed by atoms with Crippen LogP contribution in [-0.2, 0) is 6.54 Å². The van der Waals surface area contributed by atoms with Gasteiger partial charge in [-0.05, 0) is 20.8 Å². The second kappa shape index (κ2) is 4.18. The summed E-state index contributed by atoms with van der Waals surface area (Å²) >= 11 is 1.74. The molecule has 0 fully saturated rings. The van der Waals surface area contributed by atoms with Crippen LogP contribution < -0.4 is 10.6 Å². The first-order valence-electron chi connectivity index (χ1n) is 5.13. The standard InChI is InChI=1S/C10H16N4S/c1-6-4-11-10(13-6)12-5-9-14-7(2)8(3)15-9/h6H,4-5H2,1-3H3,(H2,11,12,13). The van der Waals surface area contributed by atoms with E-state index in [0.717, 1.165) is 29.8 Å². The van der Waals surface area contributed by atoms with Crippen molar-refractivity contribution in [3.8, 4) is 0 Å². The highest BCUT2D eigenvalue weighted by molar-refractivity contribution is 7.11. The Bertz CT molecular complexity index is 363. The van der Waals surface area contributed by atoms with Gasteiger partial charge in [0.05, 0.1) is 18.8 Å². The van der Waals surface area contributed by atoms with Crippen molar-refractivity contribution < 1.29 is 0 Å². The normalized spacial score (nSPS) is 19.9. The Kier molecular flexibility index (Phi) is 2.90. The Morgan fingerprint density at radius 2 is 2.33 bits per heavy atom. The number of rotatable bonds is 2. The van der Waals surface area contributed by atoms with E-state index in [1.807, 2.05) is 6.92 Å². The molecule has 0 amide bonds. The summed E-state index contributed by atoms with van der Waals surface area (Å²) in [6, 6.07) is 0.451.